The van der Waals surface area contributed by atoms with Gasteiger partial charge < -0.3 is 10.2 Å². The predicted molar refractivity (Wildman–Crippen MR) is 83.1 cm³/mol. The number of anilines is 1. The van der Waals surface area contributed by atoms with Crippen LogP contribution in [0.25, 0.3) is 11.1 Å². The summed E-state index contributed by atoms with van der Waals surface area (Å²) in [6, 6.07) is 19.1. The minimum absolute atomic E-state index is 0.947. The Morgan fingerprint density at radius 3 is 2.16 bits per heavy atom. The van der Waals surface area contributed by atoms with Crippen LogP contribution in [-0.2, 0) is 0 Å². The Kier molecular flexibility index (Phi) is 4.62. The molecule has 2 aromatic carbocycles. The van der Waals surface area contributed by atoms with Gasteiger partial charge >= 0.3 is 0 Å². The van der Waals surface area contributed by atoms with Crippen molar-refractivity contribution < 1.29 is 0 Å². The number of hydrogen-bond donors (Lipinski definition) is 1. The minimum Gasteiger partial charge on any atom is -0.393 e. The normalized spacial score (nSPS) is 10.6. The average Bonchev–Trinajstić information content (AvgIpc) is 2.49. The second-order valence-electron chi connectivity index (χ2n) is 4.30. The van der Waals surface area contributed by atoms with Crippen molar-refractivity contribution in [1.82, 2.24) is 5.32 Å². The average molecular weight is 252 g/mol. The molecule has 0 amide bonds. The van der Waals surface area contributed by atoms with Gasteiger partial charge in [0.25, 0.3) is 0 Å². The molecule has 0 atom stereocenters. The summed E-state index contributed by atoms with van der Waals surface area (Å²) in [5, 5.41) is 3.02. The molecule has 0 aromatic heterocycles. The molecule has 0 radical (unpaired) electrons. The first-order chi connectivity index (χ1) is 9.35. The second-order valence-corrected chi connectivity index (χ2v) is 4.30. The first-order valence-electron chi connectivity index (χ1n) is 6.61. The van der Waals surface area contributed by atoms with E-state index in [0.29, 0.717) is 0 Å². The van der Waals surface area contributed by atoms with E-state index in [0.717, 1.165) is 6.54 Å². The van der Waals surface area contributed by atoms with Crippen LogP contribution in [0.4, 0.5) is 5.69 Å². The van der Waals surface area contributed by atoms with Gasteiger partial charge in [0.1, 0.15) is 0 Å². The molecule has 0 heterocycles. The number of hydrogen-bond acceptors (Lipinski definition) is 2. The van der Waals surface area contributed by atoms with Crippen LogP contribution in [0, 0.1) is 0 Å². The van der Waals surface area contributed by atoms with E-state index in [1.54, 1.807) is 0 Å². The SMILES string of the molecule is CCN(/C=C\NC)c1ccc(-c2ccccc2)cc1. The predicted octanol–water partition coefficient (Wildman–Crippen LogP) is 3.87. The quantitative estimate of drug-likeness (QED) is 0.869. The molecule has 2 rings (SSSR count). The molecular formula is C17H20N2. The smallest absolute Gasteiger partial charge is 0.0406 e. The molecule has 0 saturated carbocycles. The summed E-state index contributed by atoms with van der Waals surface area (Å²) < 4.78 is 0. The number of rotatable bonds is 5. The van der Waals surface area contributed by atoms with E-state index in [-0.39, 0.29) is 0 Å². The van der Waals surface area contributed by atoms with Crippen molar-refractivity contribution in [3.8, 4) is 11.1 Å². The summed E-state index contributed by atoms with van der Waals surface area (Å²) in [6.45, 7) is 3.09. The number of nitrogens with one attached hydrogen (secondary N) is 1. The second kappa shape index (κ2) is 6.64. The standard InChI is InChI=1S/C17H20N2/c1-3-19(14-13-18-2)17-11-9-16(10-12-17)15-7-5-4-6-8-15/h4-14,18H,3H2,1-2H3/b14-13-. The maximum atomic E-state index is 3.02. The van der Waals surface area contributed by atoms with Crippen molar-refractivity contribution in [2.24, 2.45) is 0 Å². The van der Waals surface area contributed by atoms with Gasteiger partial charge in [-0.05, 0) is 30.2 Å². The van der Waals surface area contributed by atoms with Gasteiger partial charge in [-0.1, -0.05) is 42.5 Å². The first kappa shape index (κ1) is 13.2. The van der Waals surface area contributed by atoms with E-state index < -0.39 is 0 Å². The highest BCUT2D eigenvalue weighted by atomic mass is 15.1. The summed E-state index contributed by atoms with van der Waals surface area (Å²) in [7, 11) is 1.91. The van der Waals surface area contributed by atoms with Crippen LogP contribution < -0.4 is 10.2 Å². The van der Waals surface area contributed by atoms with Crippen LogP contribution in [0.1, 0.15) is 6.92 Å². The molecular weight excluding hydrogens is 232 g/mol. The van der Waals surface area contributed by atoms with E-state index in [2.05, 4.69) is 71.9 Å². The van der Waals surface area contributed by atoms with Crippen LogP contribution in [0.5, 0.6) is 0 Å². The van der Waals surface area contributed by atoms with E-state index in [1.165, 1.54) is 16.8 Å². The van der Waals surface area contributed by atoms with Gasteiger partial charge in [-0.2, -0.15) is 0 Å². The minimum atomic E-state index is 0.947. The van der Waals surface area contributed by atoms with Gasteiger partial charge in [0, 0.05) is 31.7 Å². The molecule has 2 heteroatoms. The molecule has 0 aliphatic carbocycles. The van der Waals surface area contributed by atoms with E-state index >= 15 is 0 Å². The molecule has 1 N–H and O–H groups in total. The van der Waals surface area contributed by atoms with Crippen molar-refractivity contribution in [2.45, 2.75) is 6.92 Å². The van der Waals surface area contributed by atoms with Crippen molar-refractivity contribution >= 4 is 5.69 Å². The fourth-order valence-electron chi connectivity index (χ4n) is 2.01. The molecule has 0 saturated heterocycles. The summed E-state index contributed by atoms with van der Waals surface area (Å²) in [4.78, 5) is 2.20. The topological polar surface area (TPSA) is 15.3 Å². The third-order valence-electron chi connectivity index (χ3n) is 3.07. The van der Waals surface area contributed by atoms with Crippen LogP contribution in [0.2, 0.25) is 0 Å². The molecule has 0 aliphatic rings. The van der Waals surface area contributed by atoms with E-state index in [1.807, 2.05) is 19.3 Å². The zero-order valence-corrected chi connectivity index (χ0v) is 11.5. The largest absolute Gasteiger partial charge is 0.393 e. The van der Waals surface area contributed by atoms with Gasteiger partial charge in [-0.3, -0.25) is 0 Å². The zero-order chi connectivity index (χ0) is 13.5. The van der Waals surface area contributed by atoms with Gasteiger partial charge in [-0.25, -0.2) is 0 Å². The summed E-state index contributed by atoms with van der Waals surface area (Å²) in [5.74, 6) is 0. The van der Waals surface area contributed by atoms with Crippen molar-refractivity contribution in [3.05, 3.63) is 67.0 Å². The maximum absolute atomic E-state index is 3.02. The number of nitrogens with zero attached hydrogens (tertiary/aromatic N) is 1. The number of benzene rings is 2. The Morgan fingerprint density at radius 1 is 0.947 bits per heavy atom. The Morgan fingerprint density at radius 2 is 1.58 bits per heavy atom. The van der Waals surface area contributed by atoms with E-state index in [9.17, 15) is 0 Å². The third kappa shape index (κ3) is 3.38. The van der Waals surface area contributed by atoms with Gasteiger partial charge in [0.15, 0.2) is 0 Å². The zero-order valence-electron chi connectivity index (χ0n) is 11.5. The Hall–Kier alpha value is -2.22. The third-order valence-corrected chi connectivity index (χ3v) is 3.07. The van der Waals surface area contributed by atoms with Gasteiger partial charge in [-0.15, -0.1) is 0 Å². The monoisotopic (exact) mass is 252 g/mol. The highest BCUT2D eigenvalue weighted by Gasteiger charge is 2.01. The van der Waals surface area contributed by atoms with Crippen molar-refractivity contribution in [2.75, 3.05) is 18.5 Å². The van der Waals surface area contributed by atoms with Gasteiger partial charge in [0.2, 0.25) is 0 Å². The molecule has 0 aliphatic heterocycles. The lowest BCUT2D eigenvalue weighted by atomic mass is 10.1. The summed E-state index contributed by atoms with van der Waals surface area (Å²) >= 11 is 0. The van der Waals surface area contributed by atoms with E-state index in [4.69, 9.17) is 0 Å². The summed E-state index contributed by atoms with van der Waals surface area (Å²) in [6.07, 6.45) is 3.99. The fourth-order valence-corrected chi connectivity index (χ4v) is 2.01. The molecule has 0 spiro atoms. The van der Waals surface area contributed by atoms with Crippen LogP contribution in [-0.4, -0.2) is 13.6 Å². The lowest BCUT2D eigenvalue weighted by Gasteiger charge is -2.18. The molecule has 0 fully saturated rings. The molecule has 2 aromatic rings. The Balaban J connectivity index is 2.20. The highest BCUT2D eigenvalue weighted by Crippen LogP contribution is 2.23. The molecule has 19 heavy (non-hydrogen) atoms. The Labute approximate surface area is 115 Å². The molecule has 2 nitrogen and oxygen atoms in total. The lowest BCUT2D eigenvalue weighted by Crippen LogP contribution is -2.15. The lowest BCUT2D eigenvalue weighted by molar-refractivity contribution is 0.990. The molecule has 0 bridgehead atoms. The highest BCUT2D eigenvalue weighted by molar-refractivity contribution is 5.66. The van der Waals surface area contributed by atoms with Crippen LogP contribution >= 0.6 is 0 Å². The first-order valence-corrected chi connectivity index (χ1v) is 6.61. The summed E-state index contributed by atoms with van der Waals surface area (Å²) in [5.41, 5.74) is 3.70. The van der Waals surface area contributed by atoms with Crippen molar-refractivity contribution in [3.63, 3.8) is 0 Å². The van der Waals surface area contributed by atoms with Crippen LogP contribution in [0.3, 0.4) is 0 Å². The van der Waals surface area contributed by atoms with Crippen LogP contribution in [0.15, 0.2) is 67.0 Å². The van der Waals surface area contributed by atoms with Gasteiger partial charge in [0.05, 0.1) is 0 Å². The Bertz CT molecular complexity index is 515. The maximum Gasteiger partial charge on any atom is 0.0406 e. The molecule has 0 unspecified atom stereocenters. The fraction of sp³-hybridized carbons (Fsp3) is 0.176. The molecule has 98 valence electrons. The van der Waals surface area contributed by atoms with Crippen molar-refractivity contribution in [1.29, 1.82) is 0 Å².